The third-order valence-corrected chi connectivity index (χ3v) is 1.73. The molecule has 0 radical (unpaired) electrons. The van der Waals surface area contributed by atoms with E-state index in [1.54, 1.807) is 6.92 Å². The van der Waals surface area contributed by atoms with E-state index in [1.165, 1.54) is 13.3 Å². The van der Waals surface area contributed by atoms with Crippen LogP contribution in [0.2, 0.25) is 0 Å². The summed E-state index contributed by atoms with van der Waals surface area (Å²) in [6.45, 7) is 1.61. The van der Waals surface area contributed by atoms with Crippen molar-refractivity contribution in [2.45, 2.75) is 13.0 Å². The molecular formula is C8H10N4O2. The van der Waals surface area contributed by atoms with Gasteiger partial charge in [0, 0.05) is 7.11 Å². The standard InChI is InChI=1S/C8H10N4O2/c1-5(14-2)8(13)11-7-6(3-9)4-10-12-7/h4-5H,1-2H3,(H2,10,11,12,13). The van der Waals surface area contributed by atoms with Gasteiger partial charge in [-0.15, -0.1) is 0 Å². The van der Waals surface area contributed by atoms with Gasteiger partial charge in [-0.3, -0.25) is 9.89 Å². The van der Waals surface area contributed by atoms with Crippen LogP contribution in [0.25, 0.3) is 0 Å². The number of carbonyl (C=O) groups is 1. The average Bonchev–Trinajstić information content (AvgIpc) is 2.63. The maximum absolute atomic E-state index is 11.3. The monoisotopic (exact) mass is 194 g/mol. The minimum Gasteiger partial charge on any atom is -0.372 e. The fourth-order valence-corrected chi connectivity index (χ4v) is 0.798. The van der Waals surface area contributed by atoms with Crippen molar-refractivity contribution in [1.29, 1.82) is 5.26 Å². The van der Waals surface area contributed by atoms with Crippen LogP contribution in [-0.2, 0) is 9.53 Å². The molecule has 0 aliphatic heterocycles. The molecule has 1 amide bonds. The third kappa shape index (κ3) is 2.08. The number of anilines is 1. The number of methoxy groups -OCH3 is 1. The highest BCUT2D eigenvalue weighted by molar-refractivity contribution is 5.93. The first kappa shape index (κ1) is 10.2. The van der Waals surface area contributed by atoms with E-state index in [-0.39, 0.29) is 5.91 Å². The zero-order valence-corrected chi connectivity index (χ0v) is 7.87. The summed E-state index contributed by atoms with van der Waals surface area (Å²) in [6, 6.07) is 1.89. The highest BCUT2D eigenvalue weighted by atomic mass is 16.5. The number of carbonyl (C=O) groups excluding carboxylic acids is 1. The Bertz CT molecular complexity index is 366. The van der Waals surface area contributed by atoms with Crippen LogP contribution in [-0.4, -0.2) is 29.3 Å². The molecule has 1 aromatic heterocycles. The lowest BCUT2D eigenvalue weighted by atomic mass is 10.3. The molecule has 0 aliphatic carbocycles. The van der Waals surface area contributed by atoms with Gasteiger partial charge in [-0.2, -0.15) is 10.4 Å². The number of rotatable bonds is 3. The molecule has 1 atom stereocenters. The Morgan fingerprint density at radius 2 is 2.57 bits per heavy atom. The first-order valence-electron chi connectivity index (χ1n) is 3.96. The quantitative estimate of drug-likeness (QED) is 0.721. The summed E-state index contributed by atoms with van der Waals surface area (Å²) < 4.78 is 4.80. The first-order valence-corrected chi connectivity index (χ1v) is 3.96. The van der Waals surface area contributed by atoms with Gasteiger partial charge < -0.3 is 10.1 Å². The van der Waals surface area contributed by atoms with E-state index in [0.717, 1.165) is 0 Å². The van der Waals surface area contributed by atoms with Crippen molar-refractivity contribution in [3.63, 3.8) is 0 Å². The van der Waals surface area contributed by atoms with E-state index in [1.807, 2.05) is 6.07 Å². The maximum Gasteiger partial charge on any atom is 0.254 e. The summed E-state index contributed by atoms with van der Waals surface area (Å²) in [7, 11) is 1.43. The van der Waals surface area contributed by atoms with Crippen LogP contribution in [0.5, 0.6) is 0 Å². The van der Waals surface area contributed by atoms with Crippen molar-refractivity contribution < 1.29 is 9.53 Å². The van der Waals surface area contributed by atoms with Crippen LogP contribution < -0.4 is 5.32 Å². The molecule has 2 N–H and O–H groups in total. The fourth-order valence-electron chi connectivity index (χ4n) is 0.798. The highest BCUT2D eigenvalue weighted by Gasteiger charge is 2.14. The molecule has 0 aromatic carbocycles. The number of hydrogen-bond donors (Lipinski definition) is 2. The van der Waals surface area contributed by atoms with Gasteiger partial charge in [0.2, 0.25) is 0 Å². The zero-order valence-electron chi connectivity index (χ0n) is 7.87. The number of amides is 1. The largest absolute Gasteiger partial charge is 0.372 e. The second-order valence-electron chi connectivity index (χ2n) is 2.64. The Labute approximate surface area is 80.9 Å². The number of ether oxygens (including phenoxy) is 1. The number of H-pyrrole nitrogens is 1. The van der Waals surface area contributed by atoms with Gasteiger partial charge in [0.1, 0.15) is 23.6 Å². The lowest BCUT2D eigenvalue weighted by Crippen LogP contribution is -2.27. The molecule has 6 heteroatoms. The summed E-state index contributed by atoms with van der Waals surface area (Å²) in [5, 5.41) is 17.2. The number of hydrogen-bond acceptors (Lipinski definition) is 4. The lowest BCUT2D eigenvalue weighted by Gasteiger charge is -2.08. The van der Waals surface area contributed by atoms with Gasteiger partial charge in [-0.1, -0.05) is 0 Å². The maximum atomic E-state index is 11.3. The molecule has 74 valence electrons. The van der Waals surface area contributed by atoms with E-state index < -0.39 is 6.10 Å². The molecule has 1 rings (SSSR count). The van der Waals surface area contributed by atoms with Crippen molar-refractivity contribution >= 4 is 11.7 Å². The molecule has 1 aromatic rings. The Morgan fingerprint density at radius 1 is 1.86 bits per heavy atom. The summed E-state index contributed by atoms with van der Waals surface area (Å²) in [6.07, 6.45) is 0.775. The molecule has 1 unspecified atom stereocenters. The predicted molar refractivity (Wildman–Crippen MR) is 48.4 cm³/mol. The molecule has 0 fully saturated rings. The molecular weight excluding hydrogens is 184 g/mol. The van der Waals surface area contributed by atoms with Gasteiger partial charge in [0.05, 0.1) is 6.20 Å². The Balaban J connectivity index is 2.70. The number of nitriles is 1. The second-order valence-corrected chi connectivity index (χ2v) is 2.64. The van der Waals surface area contributed by atoms with Crippen molar-refractivity contribution in [3.05, 3.63) is 11.8 Å². The molecule has 0 spiro atoms. The molecule has 14 heavy (non-hydrogen) atoms. The molecule has 1 heterocycles. The topological polar surface area (TPSA) is 90.8 Å². The van der Waals surface area contributed by atoms with Gasteiger partial charge >= 0.3 is 0 Å². The zero-order chi connectivity index (χ0) is 10.6. The second kappa shape index (κ2) is 4.39. The van der Waals surface area contributed by atoms with Gasteiger partial charge in [0.25, 0.3) is 5.91 Å². The number of nitrogens with zero attached hydrogens (tertiary/aromatic N) is 2. The Morgan fingerprint density at radius 3 is 3.14 bits per heavy atom. The molecule has 0 aliphatic rings. The van der Waals surface area contributed by atoms with Crippen LogP contribution in [0.1, 0.15) is 12.5 Å². The van der Waals surface area contributed by atoms with Crippen molar-refractivity contribution in [3.8, 4) is 6.07 Å². The normalized spacial score (nSPS) is 11.8. The number of nitrogens with one attached hydrogen (secondary N) is 2. The minimum atomic E-state index is -0.565. The fraction of sp³-hybridized carbons (Fsp3) is 0.375. The molecule has 0 saturated carbocycles. The van der Waals surface area contributed by atoms with Crippen LogP contribution in [0, 0.1) is 11.3 Å². The van der Waals surface area contributed by atoms with Crippen LogP contribution in [0.4, 0.5) is 5.82 Å². The highest BCUT2D eigenvalue weighted by Crippen LogP contribution is 2.09. The summed E-state index contributed by atoms with van der Waals surface area (Å²) in [5.41, 5.74) is 0.293. The van der Waals surface area contributed by atoms with Crippen molar-refractivity contribution in [2.24, 2.45) is 0 Å². The number of aromatic nitrogens is 2. The van der Waals surface area contributed by atoms with Crippen LogP contribution in [0.3, 0.4) is 0 Å². The minimum absolute atomic E-state index is 0.293. The average molecular weight is 194 g/mol. The van der Waals surface area contributed by atoms with E-state index in [9.17, 15) is 4.79 Å². The van der Waals surface area contributed by atoms with Gasteiger partial charge in [-0.25, -0.2) is 0 Å². The van der Waals surface area contributed by atoms with E-state index in [2.05, 4.69) is 15.5 Å². The third-order valence-electron chi connectivity index (χ3n) is 1.73. The number of aromatic amines is 1. The van der Waals surface area contributed by atoms with Crippen LogP contribution >= 0.6 is 0 Å². The van der Waals surface area contributed by atoms with Gasteiger partial charge in [-0.05, 0) is 6.92 Å². The Hall–Kier alpha value is -1.87. The predicted octanol–water partition coefficient (Wildman–Crippen LogP) is 0.255. The van der Waals surface area contributed by atoms with Crippen molar-refractivity contribution in [1.82, 2.24) is 10.2 Å². The van der Waals surface area contributed by atoms with Gasteiger partial charge in [0.15, 0.2) is 0 Å². The Kier molecular flexibility index (Phi) is 3.20. The van der Waals surface area contributed by atoms with E-state index in [4.69, 9.17) is 10.00 Å². The van der Waals surface area contributed by atoms with Crippen LogP contribution in [0.15, 0.2) is 6.20 Å². The van der Waals surface area contributed by atoms with E-state index >= 15 is 0 Å². The summed E-state index contributed by atoms with van der Waals surface area (Å²) >= 11 is 0. The smallest absolute Gasteiger partial charge is 0.254 e. The first-order chi connectivity index (χ1) is 6.69. The molecule has 0 bridgehead atoms. The molecule has 6 nitrogen and oxygen atoms in total. The lowest BCUT2D eigenvalue weighted by molar-refractivity contribution is -0.124. The molecule has 0 saturated heterocycles. The summed E-state index contributed by atoms with van der Waals surface area (Å²) in [4.78, 5) is 11.3. The van der Waals surface area contributed by atoms with E-state index in [0.29, 0.717) is 11.4 Å². The van der Waals surface area contributed by atoms with Crippen molar-refractivity contribution in [2.75, 3.05) is 12.4 Å². The SMILES string of the molecule is COC(C)C(=O)Nc1[nH]ncc1C#N. The summed E-state index contributed by atoms with van der Waals surface area (Å²) in [5.74, 6) is -0.0327.